The molecule has 0 bridgehead atoms. The molecule has 0 radical (unpaired) electrons. The first-order valence-electron chi connectivity index (χ1n) is 6.74. The second-order valence-corrected chi connectivity index (χ2v) is 6.04. The maximum Gasteiger partial charge on any atom is 0.138 e. The number of aliphatic hydroxyl groups is 1. The lowest BCUT2D eigenvalue weighted by atomic mass is 10.1. The summed E-state index contributed by atoms with van der Waals surface area (Å²) in [5, 5.41) is 14.4. The molecule has 21 heavy (non-hydrogen) atoms. The minimum absolute atomic E-state index is 0.373. The lowest BCUT2D eigenvalue weighted by molar-refractivity contribution is 0.199. The number of aryl methyl sites for hydroxylation is 2. The molecule has 0 unspecified atom stereocenters. The van der Waals surface area contributed by atoms with Gasteiger partial charge in [-0.2, -0.15) is 5.10 Å². The van der Waals surface area contributed by atoms with E-state index in [1.807, 2.05) is 13.1 Å². The molecule has 0 aliphatic rings. The number of halogens is 2. The van der Waals surface area contributed by atoms with Crippen molar-refractivity contribution in [3.63, 3.8) is 0 Å². The molecular formula is C15H18BrClN2O2. The molecule has 0 saturated carbocycles. The molecule has 0 aliphatic heterocycles. The third kappa shape index (κ3) is 3.59. The highest BCUT2D eigenvalue weighted by molar-refractivity contribution is 9.10. The molecule has 1 atom stereocenters. The van der Waals surface area contributed by atoms with Gasteiger partial charge < -0.3 is 9.84 Å². The van der Waals surface area contributed by atoms with Crippen LogP contribution in [-0.4, -0.2) is 14.9 Å². The molecule has 114 valence electrons. The fourth-order valence-corrected chi connectivity index (χ4v) is 2.99. The van der Waals surface area contributed by atoms with Crippen molar-refractivity contribution in [2.45, 2.75) is 33.0 Å². The van der Waals surface area contributed by atoms with Gasteiger partial charge in [0, 0.05) is 7.05 Å². The zero-order valence-electron chi connectivity index (χ0n) is 12.2. The molecule has 4 nitrogen and oxygen atoms in total. The van der Waals surface area contributed by atoms with E-state index >= 15 is 0 Å². The van der Waals surface area contributed by atoms with Crippen molar-refractivity contribution >= 4 is 27.5 Å². The van der Waals surface area contributed by atoms with Crippen LogP contribution < -0.4 is 4.74 Å². The number of aliphatic hydroxyl groups excluding tert-OH is 1. The maximum absolute atomic E-state index is 9.53. The van der Waals surface area contributed by atoms with Gasteiger partial charge in [-0.25, -0.2) is 0 Å². The Bertz CT molecular complexity index is 641. The van der Waals surface area contributed by atoms with E-state index in [0.717, 1.165) is 27.8 Å². The van der Waals surface area contributed by atoms with Crippen LogP contribution in [0.3, 0.4) is 0 Å². The summed E-state index contributed by atoms with van der Waals surface area (Å²) in [7, 11) is 1.89. The second-order valence-electron chi connectivity index (χ2n) is 4.84. The molecule has 6 heteroatoms. The number of rotatable bonds is 5. The van der Waals surface area contributed by atoms with Gasteiger partial charge in [-0.15, -0.1) is 0 Å². The van der Waals surface area contributed by atoms with Crippen molar-refractivity contribution in [3.05, 3.63) is 44.6 Å². The minimum atomic E-state index is -0.546. The van der Waals surface area contributed by atoms with E-state index in [-0.39, 0.29) is 0 Å². The number of benzene rings is 1. The van der Waals surface area contributed by atoms with E-state index in [9.17, 15) is 5.11 Å². The zero-order valence-corrected chi connectivity index (χ0v) is 14.6. The normalized spacial score (nSPS) is 12.5. The first-order valence-corrected chi connectivity index (χ1v) is 7.91. The number of ether oxygens (including phenoxy) is 1. The van der Waals surface area contributed by atoms with Crippen LogP contribution in [0, 0.1) is 0 Å². The van der Waals surface area contributed by atoms with E-state index in [4.69, 9.17) is 16.3 Å². The van der Waals surface area contributed by atoms with Gasteiger partial charge in [-0.05, 0) is 47.0 Å². The van der Waals surface area contributed by atoms with E-state index in [1.165, 1.54) is 0 Å². The van der Waals surface area contributed by atoms with Crippen molar-refractivity contribution in [2.24, 2.45) is 7.05 Å². The smallest absolute Gasteiger partial charge is 0.138 e. The number of nitrogens with zero attached hydrogens (tertiary/aromatic N) is 2. The monoisotopic (exact) mass is 372 g/mol. The van der Waals surface area contributed by atoms with Gasteiger partial charge in [0.05, 0.1) is 27.0 Å². The van der Waals surface area contributed by atoms with Crippen LogP contribution in [0.4, 0.5) is 0 Å². The van der Waals surface area contributed by atoms with Gasteiger partial charge in [0.1, 0.15) is 12.4 Å². The number of aromatic nitrogens is 2. The second kappa shape index (κ2) is 6.81. The van der Waals surface area contributed by atoms with Crippen LogP contribution in [-0.2, 0) is 20.1 Å². The molecule has 1 aromatic heterocycles. The maximum atomic E-state index is 9.53. The molecule has 1 heterocycles. The van der Waals surface area contributed by atoms with E-state index in [2.05, 4.69) is 28.0 Å². The Kier molecular flexibility index (Phi) is 5.30. The summed E-state index contributed by atoms with van der Waals surface area (Å²) in [4.78, 5) is 0. The van der Waals surface area contributed by atoms with Crippen LogP contribution >= 0.6 is 27.5 Å². The van der Waals surface area contributed by atoms with Crippen LogP contribution in [0.2, 0.25) is 5.02 Å². The average Bonchev–Trinajstić information content (AvgIpc) is 2.72. The zero-order chi connectivity index (χ0) is 15.6. The minimum Gasteiger partial charge on any atom is -0.486 e. The highest BCUT2D eigenvalue weighted by atomic mass is 79.9. The molecule has 1 N–H and O–H groups in total. The first-order chi connectivity index (χ1) is 9.93. The van der Waals surface area contributed by atoms with Gasteiger partial charge in [-0.1, -0.05) is 24.6 Å². The van der Waals surface area contributed by atoms with Gasteiger partial charge in [-0.3, -0.25) is 4.68 Å². The van der Waals surface area contributed by atoms with Crippen molar-refractivity contribution in [3.8, 4) is 5.75 Å². The van der Waals surface area contributed by atoms with Crippen molar-refractivity contribution < 1.29 is 9.84 Å². The molecule has 1 aromatic carbocycles. The topological polar surface area (TPSA) is 47.3 Å². The summed E-state index contributed by atoms with van der Waals surface area (Å²) in [6.07, 6.45) is 0.313. The van der Waals surface area contributed by atoms with E-state index in [1.54, 1.807) is 23.7 Å². The molecule has 2 rings (SSSR count). The third-order valence-corrected chi connectivity index (χ3v) is 4.52. The predicted molar refractivity (Wildman–Crippen MR) is 86.7 cm³/mol. The fraction of sp³-hybridized carbons (Fsp3) is 0.400. The highest BCUT2D eigenvalue weighted by Gasteiger charge is 2.14. The van der Waals surface area contributed by atoms with E-state index in [0.29, 0.717) is 17.4 Å². The summed E-state index contributed by atoms with van der Waals surface area (Å²) in [6, 6.07) is 5.30. The van der Waals surface area contributed by atoms with Crippen LogP contribution in [0.25, 0.3) is 0 Å². The van der Waals surface area contributed by atoms with Crippen molar-refractivity contribution in [1.82, 2.24) is 9.78 Å². The molecule has 0 saturated heterocycles. The Hall–Kier alpha value is -1.04. The summed E-state index contributed by atoms with van der Waals surface area (Å²) in [5.74, 6) is 0.590. The summed E-state index contributed by atoms with van der Waals surface area (Å²) in [5.41, 5.74) is 2.73. The summed E-state index contributed by atoms with van der Waals surface area (Å²) in [6.45, 7) is 4.13. The van der Waals surface area contributed by atoms with Crippen molar-refractivity contribution in [2.75, 3.05) is 0 Å². The Morgan fingerprint density at radius 2 is 2.19 bits per heavy atom. The van der Waals surface area contributed by atoms with Gasteiger partial charge in [0.15, 0.2) is 0 Å². The molecule has 0 spiro atoms. The summed E-state index contributed by atoms with van der Waals surface area (Å²) >= 11 is 9.74. The average molecular weight is 374 g/mol. The predicted octanol–water partition coefficient (Wildman–Crippen LogP) is 4.03. The lowest BCUT2D eigenvalue weighted by Gasteiger charge is -2.11. The van der Waals surface area contributed by atoms with Crippen molar-refractivity contribution in [1.29, 1.82) is 0 Å². The molecular weight excluding hydrogens is 356 g/mol. The Labute approximate surface area is 137 Å². The molecule has 0 amide bonds. The quantitative estimate of drug-likeness (QED) is 0.860. The number of hydrogen-bond donors (Lipinski definition) is 1. The Balaban J connectivity index is 2.15. The largest absolute Gasteiger partial charge is 0.486 e. The fourth-order valence-electron chi connectivity index (χ4n) is 2.02. The first kappa shape index (κ1) is 16.3. The lowest BCUT2D eigenvalue weighted by Crippen LogP contribution is -2.04. The Morgan fingerprint density at radius 1 is 1.48 bits per heavy atom. The van der Waals surface area contributed by atoms with Crippen LogP contribution in [0.15, 0.2) is 22.7 Å². The molecule has 0 aliphatic carbocycles. The van der Waals surface area contributed by atoms with Gasteiger partial charge in [0.2, 0.25) is 0 Å². The SMILES string of the molecule is CCc1nn(C)c(COc2ccc([C@H](C)O)cc2Cl)c1Br. The van der Waals surface area contributed by atoms with Gasteiger partial charge >= 0.3 is 0 Å². The molecule has 0 fully saturated rings. The third-order valence-electron chi connectivity index (χ3n) is 3.31. The standard InChI is InChI=1S/C15H18BrClN2O2/c1-4-12-15(16)13(19(3)18-12)8-21-14-6-5-10(9(2)20)7-11(14)17/h5-7,9,20H,4,8H2,1-3H3/t9-/m0/s1. The molecule has 2 aromatic rings. The van der Waals surface area contributed by atoms with Gasteiger partial charge in [0.25, 0.3) is 0 Å². The number of hydrogen-bond acceptors (Lipinski definition) is 3. The highest BCUT2D eigenvalue weighted by Crippen LogP contribution is 2.29. The van der Waals surface area contributed by atoms with Crippen LogP contribution in [0.1, 0.15) is 36.9 Å². The van der Waals surface area contributed by atoms with E-state index < -0.39 is 6.10 Å². The summed E-state index contributed by atoms with van der Waals surface area (Å²) < 4.78 is 8.56. The van der Waals surface area contributed by atoms with Crippen LogP contribution in [0.5, 0.6) is 5.75 Å². The Morgan fingerprint density at radius 3 is 2.71 bits per heavy atom.